The Balaban J connectivity index is 2.02. The Bertz CT molecular complexity index is 682. The number of carbonyl (C=O) groups is 1. The Morgan fingerprint density at radius 3 is 2.55 bits per heavy atom. The first kappa shape index (κ1) is 17.0. The minimum atomic E-state index is -0.502. The number of rotatable bonds is 3. The van der Waals surface area contributed by atoms with E-state index in [1.54, 1.807) is 0 Å². The molecule has 1 atom stereocenters. The molecule has 2 aromatic carbocycles. The number of alkyl carbamates (subject to hydrolysis) is 1. The minimum Gasteiger partial charge on any atom is -0.444 e. The molecule has 0 saturated heterocycles. The van der Waals surface area contributed by atoms with E-state index in [-0.39, 0.29) is 5.25 Å². The molecule has 0 bridgehead atoms. The molecule has 0 aromatic heterocycles. The van der Waals surface area contributed by atoms with Crippen LogP contribution in [0, 0.1) is 0 Å². The summed E-state index contributed by atoms with van der Waals surface area (Å²) in [7, 11) is 0. The van der Waals surface area contributed by atoms with E-state index >= 15 is 0 Å². The number of carbonyl (C=O) groups excluding carboxylic acids is 1. The minimum absolute atomic E-state index is 0.104. The molecular weight excluding hydrogens is 318 g/mol. The van der Waals surface area contributed by atoms with E-state index in [1.165, 1.54) is 0 Å². The van der Waals surface area contributed by atoms with Crippen LogP contribution in [0.3, 0.4) is 0 Å². The van der Waals surface area contributed by atoms with Gasteiger partial charge >= 0.3 is 6.09 Å². The van der Waals surface area contributed by atoms with E-state index in [9.17, 15) is 4.79 Å². The summed E-state index contributed by atoms with van der Waals surface area (Å²) in [5.74, 6) is 0. The summed E-state index contributed by atoms with van der Waals surface area (Å²) in [4.78, 5) is 11.7. The van der Waals surface area contributed by atoms with Crippen LogP contribution in [0.25, 0.3) is 10.8 Å². The highest BCUT2D eigenvalue weighted by Crippen LogP contribution is 2.26. The highest BCUT2D eigenvalue weighted by Gasteiger charge is 2.17. The van der Waals surface area contributed by atoms with Gasteiger partial charge in [-0.05, 0) is 55.3 Å². The third-order valence-corrected chi connectivity index (χ3v) is 3.77. The van der Waals surface area contributed by atoms with Gasteiger partial charge in [0.2, 0.25) is 0 Å². The Morgan fingerprint density at radius 1 is 1.23 bits per heavy atom. The largest absolute Gasteiger partial charge is 0.444 e. The zero-order valence-corrected chi connectivity index (χ0v) is 14.5. The van der Waals surface area contributed by atoms with Crippen LogP contribution in [0.15, 0.2) is 36.4 Å². The van der Waals surface area contributed by atoms with Crippen molar-refractivity contribution in [2.75, 3.05) is 6.54 Å². The standard InChI is InChI=1S/C17H20ClNO2S/c1-17(2,3)21-16(20)19-10-15(22)13-5-4-12-9-14(18)7-6-11(12)8-13/h4-9,15,22H,10H2,1-3H3,(H,19,20). The first-order valence-corrected chi connectivity index (χ1v) is 7.98. The van der Waals surface area contributed by atoms with Gasteiger partial charge in [-0.1, -0.05) is 29.8 Å². The number of halogens is 1. The third kappa shape index (κ3) is 4.82. The van der Waals surface area contributed by atoms with Crippen molar-refractivity contribution in [3.05, 3.63) is 47.0 Å². The molecule has 0 saturated carbocycles. The van der Waals surface area contributed by atoms with Gasteiger partial charge < -0.3 is 10.1 Å². The molecule has 5 heteroatoms. The molecule has 0 aliphatic heterocycles. The van der Waals surface area contributed by atoms with Gasteiger partial charge in [0.15, 0.2) is 0 Å². The number of nitrogens with one attached hydrogen (secondary N) is 1. The van der Waals surface area contributed by atoms with Gasteiger partial charge in [-0.3, -0.25) is 0 Å². The molecule has 0 aliphatic carbocycles. The SMILES string of the molecule is CC(C)(C)OC(=O)NCC(S)c1ccc2cc(Cl)ccc2c1. The van der Waals surface area contributed by atoms with E-state index in [2.05, 4.69) is 24.0 Å². The van der Waals surface area contributed by atoms with E-state index in [0.29, 0.717) is 11.6 Å². The first-order chi connectivity index (χ1) is 10.2. The van der Waals surface area contributed by atoms with Gasteiger partial charge in [0.05, 0.1) is 0 Å². The number of thiol groups is 1. The van der Waals surface area contributed by atoms with Gasteiger partial charge in [-0.2, -0.15) is 12.6 Å². The molecule has 1 N–H and O–H groups in total. The molecular formula is C17H20ClNO2S. The van der Waals surface area contributed by atoms with Crippen molar-refractivity contribution in [2.45, 2.75) is 31.6 Å². The summed E-state index contributed by atoms with van der Waals surface area (Å²) >= 11 is 10.5. The van der Waals surface area contributed by atoms with Gasteiger partial charge in [-0.25, -0.2) is 4.79 Å². The van der Waals surface area contributed by atoms with Gasteiger partial charge in [0, 0.05) is 16.8 Å². The topological polar surface area (TPSA) is 38.3 Å². The molecule has 1 amide bonds. The van der Waals surface area contributed by atoms with Gasteiger partial charge in [-0.15, -0.1) is 0 Å². The number of ether oxygens (including phenoxy) is 1. The first-order valence-electron chi connectivity index (χ1n) is 7.09. The zero-order valence-electron chi connectivity index (χ0n) is 12.9. The maximum absolute atomic E-state index is 11.7. The molecule has 0 fully saturated rings. The Kier molecular flexibility index (Phi) is 5.24. The number of hydrogen-bond acceptors (Lipinski definition) is 3. The smallest absolute Gasteiger partial charge is 0.407 e. The molecule has 118 valence electrons. The lowest BCUT2D eigenvalue weighted by atomic mass is 10.0. The van der Waals surface area contributed by atoms with E-state index < -0.39 is 11.7 Å². The van der Waals surface area contributed by atoms with Crippen molar-refractivity contribution in [3.8, 4) is 0 Å². The molecule has 0 aliphatic rings. The van der Waals surface area contributed by atoms with Gasteiger partial charge in [0.25, 0.3) is 0 Å². The monoisotopic (exact) mass is 337 g/mol. The van der Waals surface area contributed by atoms with Crippen molar-refractivity contribution in [1.82, 2.24) is 5.32 Å². The fourth-order valence-corrected chi connectivity index (χ4v) is 2.49. The van der Waals surface area contributed by atoms with Crippen LogP contribution < -0.4 is 5.32 Å². The summed E-state index contributed by atoms with van der Waals surface area (Å²) in [6, 6.07) is 11.8. The summed E-state index contributed by atoms with van der Waals surface area (Å²) < 4.78 is 5.21. The summed E-state index contributed by atoms with van der Waals surface area (Å²) in [5.41, 5.74) is 0.535. The lowest BCUT2D eigenvalue weighted by Gasteiger charge is -2.20. The fourth-order valence-electron chi connectivity index (χ4n) is 2.05. The van der Waals surface area contributed by atoms with Crippen LogP contribution in [0.2, 0.25) is 5.02 Å². The van der Waals surface area contributed by atoms with Crippen molar-refractivity contribution < 1.29 is 9.53 Å². The zero-order chi connectivity index (χ0) is 16.3. The molecule has 1 unspecified atom stereocenters. The summed E-state index contributed by atoms with van der Waals surface area (Å²) in [6.07, 6.45) is -0.431. The number of hydrogen-bond donors (Lipinski definition) is 2. The Morgan fingerprint density at radius 2 is 1.86 bits per heavy atom. The molecule has 2 aromatic rings. The maximum atomic E-state index is 11.7. The number of fused-ring (bicyclic) bond motifs is 1. The van der Waals surface area contributed by atoms with Crippen molar-refractivity contribution in [3.63, 3.8) is 0 Å². The molecule has 2 rings (SSSR count). The molecule has 0 heterocycles. The Labute approximate surface area is 141 Å². The van der Waals surface area contributed by atoms with Crippen LogP contribution in [-0.2, 0) is 4.74 Å². The Hall–Kier alpha value is -1.39. The van der Waals surface area contributed by atoms with Crippen LogP contribution >= 0.6 is 24.2 Å². The van der Waals surface area contributed by atoms with Crippen LogP contribution in [0.5, 0.6) is 0 Å². The van der Waals surface area contributed by atoms with E-state index in [1.807, 2.05) is 51.1 Å². The average molecular weight is 338 g/mol. The predicted molar refractivity (Wildman–Crippen MR) is 94.9 cm³/mol. The summed E-state index contributed by atoms with van der Waals surface area (Å²) in [6.45, 7) is 5.90. The van der Waals surface area contributed by atoms with Crippen LogP contribution in [-0.4, -0.2) is 18.2 Å². The lowest BCUT2D eigenvalue weighted by Crippen LogP contribution is -2.34. The quantitative estimate of drug-likeness (QED) is 0.774. The van der Waals surface area contributed by atoms with E-state index in [4.69, 9.17) is 16.3 Å². The van der Waals surface area contributed by atoms with Crippen molar-refractivity contribution >= 4 is 41.1 Å². The fraction of sp³-hybridized carbons (Fsp3) is 0.353. The van der Waals surface area contributed by atoms with Crippen molar-refractivity contribution in [2.24, 2.45) is 0 Å². The number of benzene rings is 2. The normalized spacial score (nSPS) is 13.0. The highest BCUT2D eigenvalue weighted by molar-refractivity contribution is 7.80. The van der Waals surface area contributed by atoms with E-state index in [0.717, 1.165) is 16.3 Å². The molecule has 0 spiro atoms. The summed E-state index contributed by atoms with van der Waals surface area (Å²) in [5, 5.41) is 5.52. The number of amides is 1. The second-order valence-corrected chi connectivity index (χ2v) is 7.21. The second-order valence-electron chi connectivity index (χ2n) is 6.15. The average Bonchev–Trinajstić information content (AvgIpc) is 2.42. The lowest BCUT2D eigenvalue weighted by molar-refractivity contribution is 0.0528. The van der Waals surface area contributed by atoms with Gasteiger partial charge in [0.1, 0.15) is 5.60 Å². The molecule has 0 radical (unpaired) electrons. The molecule has 22 heavy (non-hydrogen) atoms. The third-order valence-electron chi connectivity index (χ3n) is 3.05. The van der Waals surface area contributed by atoms with Crippen LogP contribution in [0.1, 0.15) is 31.6 Å². The highest BCUT2D eigenvalue weighted by atomic mass is 35.5. The van der Waals surface area contributed by atoms with Crippen molar-refractivity contribution in [1.29, 1.82) is 0 Å². The van der Waals surface area contributed by atoms with Crippen LogP contribution in [0.4, 0.5) is 4.79 Å². The maximum Gasteiger partial charge on any atom is 0.407 e. The predicted octanol–water partition coefficient (Wildman–Crippen LogP) is 4.99. The second kappa shape index (κ2) is 6.80. The molecule has 3 nitrogen and oxygen atoms in total.